The maximum absolute atomic E-state index is 13.1. The van der Waals surface area contributed by atoms with E-state index in [1.165, 1.54) is 11.3 Å². The van der Waals surface area contributed by atoms with Gasteiger partial charge in [0.05, 0.1) is 16.6 Å². The van der Waals surface area contributed by atoms with E-state index in [-0.39, 0.29) is 11.9 Å². The molecule has 0 radical (unpaired) electrons. The summed E-state index contributed by atoms with van der Waals surface area (Å²) in [7, 11) is 1.92. The summed E-state index contributed by atoms with van der Waals surface area (Å²) >= 11 is 1.52. The molecule has 7 heteroatoms. The van der Waals surface area contributed by atoms with Gasteiger partial charge in [-0.2, -0.15) is 5.10 Å². The number of aryl methyl sites for hydroxylation is 2. The van der Waals surface area contributed by atoms with Crippen molar-refractivity contribution < 1.29 is 4.79 Å². The molecule has 1 aliphatic rings. The van der Waals surface area contributed by atoms with Crippen LogP contribution in [0.5, 0.6) is 0 Å². The average Bonchev–Trinajstić information content (AvgIpc) is 3.17. The first-order chi connectivity index (χ1) is 11.6. The molecule has 24 heavy (non-hydrogen) atoms. The van der Waals surface area contributed by atoms with Crippen molar-refractivity contribution >= 4 is 27.5 Å². The number of piperazine rings is 1. The van der Waals surface area contributed by atoms with E-state index in [0.717, 1.165) is 39.4 Å². The van der Waals surface area contributed by atoms with Gasteiger partial charge in [-0.05, 0) is 24.6 Å². The van der Waals surface area contributed by atoms with Crippen molar-refractivity contribution in [3.63, 3.8) is 0 Å². The summed E-state index contributed by atoms with van der Waals surface area (Å²) in [5.41, 5.74) is 2.03. The topological polar surface area (TPSA) is 63.1 Å². The Morgan fingerprint density at radius 3 is 3.08 bits per heavy atom. The average molecular weight is 341 g/mol. The van der Waals surface area contributed by atoms with Gasteiger partial charge in [0, 0.05) is 44.5 Å². The lowest BCUT2D eigenvalue weighted by Crippen LogP contribution is -2.48. The van der Waals surface area contributed by atoms with Crippen LogP contribution in [0.2, 0.25) is 0 Å². The number of carbonyl (C=O) groups is 1. The largest absolute Gasteiger partial charge is 0.328 e. The third-order valence-corrected chi connectivity index (χ3v) is 5.67. The zero-order valence-corrected chi connectivity index (χ0v) is 14.5. The fraction of sp³-hybridized carbons (Fsp3) is 0.353. The third-order valence-electron chi connectivity index (χ3n) is 4.48. The lowest BCUT2D eigenvalue weighted by molar-refractivity contribution is 0.0639. The van der Waals surface area contributed by atoms with E-state index >= 15 is 0 Å². The van der Waals surface area contributed by atoms with Gasteiger partial charge in [-0.1, -0.05) is 6.07 Å². The minimum absolute atomic E-state index is 0.0179. The Bertz CT molecular complexity index is 851. The summed E-state index contributed by atoms with van der Waals surface area (Å²) in [6.45, 7) is 4.24. The molecule has 0 aromatic carbocycles. The molecule has 1 fully saturated rings. The molecule has 0 saturated carbocycles. The van der Waals surface area contributed by atoms with Crippen LogP contribution < -0.4 is 5.32 Å². The number of rotatable bonds is 2. The van der Waals surface area contributed by atoms with Crippen LogP contribution in [0.25, 0.3) is 10.2 Å². The van der Waals surface area contributed by atoms with Crippen LogP contribution in [0, 0.1) is 6.92 Å². The maximum Gasteiger partial charge on any atom is 0.264 e. The normalized spacial score (nSPS) is 18.2. The predicted octanol–water partition coefficient (Wildman–Crippen LogP) is 2.12. The van der Waals surface area contributed by atoms with Crippen LogP contribution >= 0.6 is 11.3 Å². The van der Waals surface area contributed by atoms with E-state index in [0.29, 0.717) is 6.54 Å². The zero-order valence-electron chi connectivity index (χ0n) is 13.7. The molecule has 4 rings (SSSR count). The highest BCUT2D eigenvalue weighted by molar-refractivity contribution is 7.20. The third kappa shape index (κ3) is 2.50. The summed E-state index contributed by atoms with van der Waals surface area (Å²) in [6.07, 6.45) is 3.60. The van der Waals surface area contributed by atoms with Gasteiger partial charge in [0.15, 0.2) is 0 Å². The van der Waals surface area contributed by atoms with Crippen molar-refractivity contribution in [1.82, 2.24) is 25.0 Å². The molecule has 1 atom stereocenters. The molecule has 3 aromatic heterocycles. The van der Waals surface area contributed by atoms with Crippen LogP contribution in [-0.2, 0) is 7.05 Å². The van der Waals surface area contributed by atoms with Gasteiger partial charge in [-0.15, -0.1) is 11.3 Å². The summed E-state index contributed by atoms with van der Waals surface area (Å²) in [5, 5.41) is 8.86. The Labute approximate surface area is 144 Å². The van der Waals surface area contributed by atoms with Crippen LogP contribution in [0.15, 0.2) is 30.6 Å². The second kappa shape index (κ2) is 5.99. The summed E-state index contributed by atoms with van der Waals surface area (Å²) < 4.78 is 1.85. The van der Waals surface area contributed by atoms with Crippen molar-refractivity contribution in [1.29, 1.82) is 0 Å². The first-order valence-corrected chi connectivity index (χ1v) is 8.81. The molecular weight excluding hydrogens is 322 g/mol. The van der Waals surface area contributed by atoms with Crippen molar-refractivity contribution in [2.45, 2.75) is 13.0 Å². The Balaban J connectivity index is 1.69. The van der Waals surface area contributed by atoms with Gasteiger partial charge >= 0.3 is 0 Å². The quantitative estimate of drug-likeness (QED) is 0.776. The van der Waals surface area contributed by atoms with E-state index < -0.39 is 0 Å². The number of nitrogens with one attached hydrogen (secondary N) is 1. The van der Waals surface area contributed by atoms with Gasteiger partial charge in [-0.3, -0.25) is 14.5 Å². The molecule has 1 N–H and O–H groups in total. The van der Waals surface area contributed by atoms with E-state index in [1.807, 2.05) is 47.9 Å². The van der Waals surface area contributed by atoms with Gasteiger partial charge in [0.25, 0.3) is 5.91 Å². The fourth-order valence-corrected chi connectivity index (χ4v) is 4.35. The van der Waals surface area contributed by atoms with Crippen molar-refractivity contribution in [3.8, 4) is 0 Å². The molecule has 1 aliphatic heterocycles. The maximum atomic E-state index is 13.1. The molecule has 1 unspecified atom stereocenters. The SMILES string of the molecule is Cc1nn(C)c2sc(C(=O)N3CCNCC3c3cccnc3)cc12. The van der Waals surface area contributed by atoms with E-state index in [4.69, 9.17) is 0 Å². The number of fused-ring (bicyclic) bond motifs is 1. The number of hydrogen-bond acceptors (Lipinski definition) is 5. The summed E-state index contributed by atoms with van der Waals surface area (Å²) in [6, 6.07) is 5.95. The molecule has 124 valence electrons. The number of hydrogen-bond donors (Lipinski definition) is 1. The minimum Gasteiger partial charge on any atom is -0.328 e. The highest BCUT2D eigenvalue weighted by Crippen LogP contribution is 2.31. The second-order valence-corrected chi connectivity index (χ2v) is 7.07. The van der Waals surface area contributed by atoms with Crippen LogP contribution in [-0.4, -0.2) is 45.2 Å². The number of pyridine rings is 1. The smallest absolute Gasteiger partial charge is 0.264 e. The first-order valence-electron chi connectivity index (χ1n) is 8.00. The van der Waals surface area contributed by atoms with Gasteiger partial charge < -0.3 is 10.2 Å². The van der Waals surface area contributed by atoms with Gasteiger partial charge in [0.1, 0.15) is 4.83 Å². The van der Waals surface area contributed by atoms with Gasteiger partial charge in [0.2, 0.25) is 0 Å². The number of carbonyl (C=O) groups excluding carboxylic acids is 1. The molecule has 1 amide bonds. The lowest BCUT2D eigenvalue weighted by atomic mass is 10.1. The number of thiophene rings is 1. The van der Waals surface area contributed by atoms with Crippen molar-refractivity contribution in [2.75, 3.05) is 19.6 Å². The zero-order chi connectivity index (χ0) is 16.7. The Morgan fingerprint density at radius 1 is 1.46 bits per heavy atom. The first kappa shape index (κ1) is 15.3. The molecule has 0 bridgehead atoms. The van der Waals surface area contributed by atoms with E-state index in [1.54, 1.807) is 6.20 Å². The fourth-order valence-electron chi connectivity index (χ4n) is 3.27. The molecule has 3 aromatic rings. The van der Waals surface area contributed by atoms with Crippen LogP contribution in [0.3, 0.4) is 0 Å². The number of amides is 1. The molecule has 6 nitrogen and oxygen atoms in total. The molecule has 1 saturated heterocycles. The Kier molecular flexibility index (Phi) is 3.82. The standard InChI is InChI=1S/C17H19N5OS/c1-11-13-8-15(24-17(13)21(2)20-11)16(23)22-7-6-19-10-14(22)12-4-3-5-18-9-12/h3-5,8-9,14,19H,6-7,10H2,1-2H3. The van der Waals surface area contributed by atoms with E-state index in [9.17, 15) is 4.79 Å². The summed E-state index contributed by atoms with van der Waals surface area (Å²) in [4.78, 5) is 21.1. The number of nitrogens with zero attached hydrogens (tertiary/aromatic N) is 4. The molecule has 0 spiro atoms. The summed E-state index contributed by atoms with van der Waals surface area (Å²) in [5.74, 6) is 0.0888. The molecular formula is C17H19N5OS. The van der Waals surface area contributed by atoms with Gasteiger partial charge in [-0.25, -0.2) is 0 Å². The van der Waals surface area contributed by atoms with Crippen LogP contribution in [0.4, 0.5) is 0 Å². The van der Waals surface area contributed by atoms with Crippen LogP contribution in [0.1, 0.15) is 27.0 Å². The van der Waals surface area contributed by atoms with Crippen molar-refractivity contribution in [2.24, 2.45) is 7.05 Å². The highest BCUT2D eigenvalue weighted by atomic mass is 32.1. The lowest BCUT2D eigenvalue weighted by Gasteiger charge is -2.36. The highest BCUT2D eigenvalue weighted by Gasteiger charge is 2.30. The predicted molar refractivity (Wildman–Crippen MR) is 94.2 cm³/mol. The minimum atomic E-state index is 0.0179. The van der Waals surface area contributed by atoms with E-state index in [2.05, 4.69) is 15.4 Å². The Morgan fingerprint density at radius 2 is 2.33 bits per heavy atom. The Hall–Kier alpha value is -2.25. The second-order valence-electron chi connectivity index (χ2n) is 6.04. The number of aromatic nitrogens is 3. The molecule has 4 heterocycles. The molecule has 0 aliphatic carbocycles. The monoisotopic (exact) mass is 341 g/mol. The van der Waals surface area contributed by atoms with Crippen molar-refractivity contribution in [3.05, 3.63) is 46.7 Å².